The van der Waals surface area contributed by atoms with Crippen LogP contribution in [-0.4, -0.2) is 53.6 Å². The van der Waals surface area contributed by atoms with Gasteiger partial charge in [0.2, 0.25) is 0 Å². The number of methoxy groups -OCH3 is 1. The Morgan fingerprint density at radius 2 is 2.06 bits per heavy atom. The molecule has 0 saturated carbocycles. The van der Waals surface area contributed by atoms with E-state index in [1.54, 1.807) is 19.2 Å². The summed E-state index contributed by atoms with van der Waals surface area (Å²) in [5.74, 6) is -0.157. The van der Waals surface area contributed by atoms with Gasteiger partial charge in [-0.1, -0.05) is 12.1 Å². The van der Waals surface area contributed by atoms with Crippen molar-refractivity contribution in [2.75, 3.05) is 20.2 Å². The quantitative estimate of drug-likeness (QED) is 0.455. The minimum atomic E-state index is -2.39. The molecule has 176 valence electrons. The highest BCUT2D eigenvalue weighted by Crippen LogP contribution is 2.37. The number of hydrogen-bond donors (Lipinski definition) is 3. The Morgan fingerprint density at radius 1 is 1.30 bits per heavy atom. The van der Waals surface area contributed by atoms with Crippen molar-refractivity contribution in [2.24, 2.45) is 0 Å². The molecule has 6 nitrogen and oxygen atoms in total. The third kappa shape index (κ3) is 5.02. The number of halogens is 2. The van der Waals surface area contributed by atoms with Crippen molar-refractivity contribution in [1.29, 1.82) is 0 Å². The third-order valence-corrected chi connectivity index (χ3v) is 6.51. The molecule has 0 radical (unpaired) electrons. The van der Waals surface area contributed by atoms with Crippen molar-refractivity contribution in [1.82, 2.24) is 15.2 Å². The highest BCUT2D eigenvalue weighted by Gasteiger charge is 2.31. The number of benzene rings is 2. The van der Waals surface area contributed by atoms with Crippen LogP contribution in [0.25, 0.3) is 10.9 Å². The van der Waals surface area contributed by atoms with E-state index in [-0.39, 0.29) is 24.2 Å². The van der Waals surface area contributed by atoms with Gasteiger partial charge in [-0.3, -0.25) is 4.90 Å². The lowest BCUT2D eigenvalue weighted by Crippen LogP contribution is -2.45. The molecule has 2 heterocycles. The maximum atomic E-state index is 12.8. The first-order valence-corrected chi connectivity index (χ1v) is 11.1. The van der Waals surface area contributed by atoms with Gasteiger partial charge in [0.1, 0.15) is 5.75 Å². The van der Waals surface area contributed by atoms with Gasteiger partial charge >= 0.3 is 5.97 Å². The lowest BCUT2D eigenvalue weighted by molar-refractivity contribution is 0.0696. The first-order valence-electron chi connectivity index (χ1n) is 11.1. The van der Waals surface area contributed by atoms with Gasteiger partial charge in [-0.05, 0) is 55.2 Å². The first-order chi connectivity index (χ1) is 15.9. The van der Waals surface area contributed by atoms with Crippen LogP contribution >= 0.6 is 0 Å². The largest absolute Gasteiger partial charge is 0.496 e. The zero-order valence-electron chi connectivity index (χ0n) is 18.8. The molecule has 3 N–H and O–H groups in total. The lowest BCUT2D eigenvalue weighted by Gasteiger charge is -2.40. The van der Waals surface area contributed by atoms with E-state index >= 15 is 0 Å². The van der Waals surface area contributed by atoms with Gasteiger partial charge in [-0.15, -0.1) is 0 Å². The molecular weight excluding hydrogens is 428 g/mol. The van der Waals surface area contributed by atoms with Crippen molar-refractivity contribution in [3.8, 4) is 5.75 Å². The maximum Gasteiger partial charge on any atom is 0.335 e. The fourth-order valence-corrected chi connectivity index (χ4v) is 4.82. The summed E-state index contributed by atoms with van der Waals surface area (Å²) in [5, 5.41) is 13.3. The Hall–Kier alpha value is -2.97. The molecule has 0 aliphatic carbocycles. The number of H-pyrrole nitrogens is 1. The topological polar surface area (TPSA) is 77.6 Å². The van der Waals surface area contributed by atoms with Crippen LogP contribution < -0.4 is 10.1 Å². The molecule has 4 rings (SSSR count). The molecule has 3 aromatic rings. The van der Waals surface area contributed by atoms with Gasteiger partial charge in [0.25, 0.3) is 6.43 Å². The number of piperidine rings is 1. The van der Waals surface area contributed by atoms with E-state index in [4.69, 9.17) is 4.74 Å². The fourth-order valence-electron chi connectivity index (χ4n) is 4.82. The van der Waals surface area contributed by atoms with Crippen LogP contribution in [0.5, 0.6) is 5.75 Å². The van der Waals surface area contributed by atoms with Crippen molar-refractivity contribution in [3.63, 3.8) is 0 Å². The SMILES string of the molecule is COc1cc(C)c2[nH]ccc2c1CN1CC[C@H](NCC(F)F)C[C@@H]1c1ccc(C(=O)O)cc1. The van der Waals surface area contributed by atoms with Crippen molar-refractivity contribution < 1.29 is 23.4 Å². The van der Waals surface area contributed by atoms with Crippen LogP contribution in [0, 0.1) is 6.92 Å². The number of nitrogens with zero attached hydrogens (tertiary/aromatic N) is 1. The summed E-state index contributed by atoms with van der Waals surface area (Å²) in [6.45, 7) is 3.06. The Bertz CT molecular complexity index is 1110. The molecule has 0 unspecified atom stereocenters. The van der Waals surface area contributed by atoms with Crippen LogP contribution in [0.3, 0.4) is 0 Å². The normalized spacial score (nSPS) is 19.3. The number of ether oxygens (including phenoxy) is 1. The lowest BCUT2D eigenvalue weighted by atomic mass is 9.90. The van der Waals surface area contributed by atoms with Crippen molar-refractivity contribution in [2.45, 2.75) is 44.8 Å². The number of aromatic carboxylic acids is 1. The summed E-state index contributed by atoms with van der Waals surface area (Å²) in [6.07, 6.45) is 0.934. The van der Waals surface area contributed by atoms with Crippen LogP contribution in [-0.2, 0) is 6.54 Å². The van der Waals surface area contributed by atoms with Gasteiger partial charge < -0.3 is 20.1 Å². The van der Waals surface area contributed by atoms with Crippen LogP contribution in [0.4, 0.5) is 8.78 Å². The Morgan fingerprint density at radius 3 is 2.73 bits per heavy atom. The van der Waals surface area contributed by atoms with E-state index in [1.807, 2.05) is 37.4 Å². The Balaban J connectivity index is 1.66. The van der Waals surface area contributed by atoms with Gasteiger partial charge in [-0.25, -0.2) is 13.6 Å². The molecule has 2 aromatic carbocycles. The zero-order chi connectivity index (χ0) is 23.5. The number of carboxylic acids is 1. The maximum absolute atomic E-state index is 12.8. The number of aromatic nitrogens is 1. The molecule has 1 saturated heterocycles. The summed E-state index contributed by atoms with van der Waals surface area (Å²) in [5.41, 5.74) is 4.45. The second-order valence-electron chi connectivity index (χ2n) is 8.57. The van der Waals surface area contributed by atoms with E-state index in [9.17, 15) is 18.7 Å². The number of nitrogens with one attached hydrogen (secondary N) is 2. The number of rotatable bonds is 8. The molecule has 33 heavy (non-hydrogen) atoms. The number of fused-ring (bicyclic) bond motifs is 1. The Labute approximate surface area is 191 Å². The molecule has 1 fully saturated rings. The van der Waals surface area contributed by atoms with E-state index in [1.165, 1.54) is 0 Å². The summed E-state index contributed by atoms with van der Waals surface area (Å²) in [6, 6.07) is 10.9. The monoisotopic (exact) mass is 457 g/mol. The molecule has 1 aliphatic rings. The second kappa shape index (κ2) is 9.89. The van der Waals surface area contributed by atoms with Crippen LogP contribution in [0.15, 0.2) is 42.6 Å². The van der Waals surface area contributed by atoms with Crippen molar-refractivity contribution >= 4 is 16.9 Å². The number of aryl methyl sites for hydroxylation is 1. The number of likely N-dealkylation sites (tertiary alicyclic amines) is 1. The first kappa shape index (κ1) is 23.2. The average Bonchev–Trinajstić information content (AvgIpc) is 3.30. The smallest absolute Gasteiger partial charge is 0.335 e. The molecule has 8 heteroatoms. The molecule has 0 amide bonds. The van der Waals surface area contributed by atoms with E-state index in [0.717, 1.165) is 46.3 Å². The zero-order valence-corrected chi connectivity index (χ0v) is 18.8. The molecule has 1 aliphatic heterocycles. The standard InChI is InChI=1S/C25H29F2N3O3/c1-15-11-22(33-2)20(19-7-9-28-24(15)19)14-30-10-8-18(29-13-23(26)27)12-21(30)16-3-5-17(6-4-16)25(31)32/h3-7,9,11,18,21,23,28-29H,8,10,12-14H2,1-2H3,(H,31,32)/t18-,21+/m0/s1. The van der Waals surface area contributed by atoms with Gasteiger partial charge in [0, 0.05) is 47.8 Å². The molecule has 0 bridgehead atoms. The predicted octanol–water partition coefficient (Wildman–Crippen LogP) is 4.74. The average molecular weight is 458 g/mol. The van der Waals surface area contributed by atoms with Crippen molar-refractivity contribution in [3.05, 3.63) is 64.8 Å². The fraction of sp³-hybridized carbons (Fsp3) is 0.400. The summed E-state index contributed by atoms with van der Waals surface area (Å²) in [7, 11) is 1.67. The van der Waals surface area contributed by atoms with Crippen LogP contribution in [0.2, 0.25) is 0 Å². The van der Waals surface area contributed by atoms with Gasteiger partial charge in [-0.2, -0.15) is 0 Å². The summed E-state index contributed by atoms with van der Waals surface area (Å²) in [4.78, 5) is 16.9. The van der Waals surface area contributed by atoms with E-state index in [2.05, 4.69) is 15.2 Å². The molecule has 0 spiro atoms. The number of aromatic amines is 1. The number of carboxylic acid groups (broad SMARTS) is 1. The molecular formula is C25H29F2N3O3. The highest BCUT2D eigenvalue weighted by molar-refractivity contribution is 5.88. The summed E-state index contributed by atoms with van der Waals surface area (Å²) < 4.78 is 31.3. The third-order valence-electron chi connectivity index (χ3n) is 6.51. The second-order valence-corrected chi connectivity index (χ2v) is 8.57. The van der Waals surface area contributed by atoms with Crippen LogP contribution in [0.1, 0.15) is 45.9 Å². The number of alkyl halides is 2. The minimum Gasteiger partial charge on any atom is -0.496 e. The highest BCUT2D eigenvalue weighted by atomic mass is 19.3. The van der Waals surface area contributed by atoms with E-state index < -0.39 is 12.4 Å². The summed E-state index contributed by atoms with van der Waals surface area (Å²) >= 11 is 0. The molecule has 1 aromatic heterocycles. The molecule has 2 atom stereocenters. The van der Waals surface area contributed by atoms with E-state index in [0.29, 0.717) is 13.0 Å². The number of carbonyl (C=O) groups is 1. The van der Waals surface area contributed by atoms with Gasteiger partial charge in [0.05, 0.1) is 19.2 Å². The predicted molar refractivity (Wildman–Crippen MR) is 123 cm³/mol. The Kier molecular flexibility index (Phi) is 6.95. The van der Waals surface area contributed by atoms with Gasteiger partial charge in [0.15, 0.2) is 0 Å². The number of hydrogen-bond acceptors (Lipinski definition) is 4. The minimum absolute atomic E-state index is 0.0356.